The van der Waals surface area contributed by atoms with E-state index in [1.165, 1.54) is 9.58 Å². The number of methoxy groups -OCH3 is 1. The Morgan fingerprint density at radius 1 is 0.958 bits per heavy atom. The number of hydrogen-bond acceptors (Lipinski definition) is 8. The second kappa shape index (κ2) is 15.0. The number of amides is 4. The normalized spacial score (nSPS) is 19.4. The summed E-state index contributed by atoms with van der Waals surface area (Å²) in [5.74, 6) is 0.0198. The Bertz CT molecular complexity index is 1750. The number of furan rings is 1. The number of hydrogen-bond donors (Lipinski definition) is 3. The lowest BCUT2D eigenvalue weighted by atomic mass is 10.0. The second-order valence-electron chi connectivity index (χ2n) is 12.2. The van der Waals surface area contributed by atoms with Crippen molar-refractivity contribution in [2.24, 2.45) is 5.92 Å². The molecule has 252 valence electrons. The Labute approximate surface area is 279 Å². The van der Waals surface area contributed by atoms with Gasteiger partial charge in [0.25, 0.3) is 5.91 Å². The Hall–Kier alpha value is -5.46. The number of carbonyl (C=O) groups excluding carboxylic acids is 4. The topological polar surface area (TPSA) is 161 Å². The zero-order chi connectivity index (χ0) is 34.4. The summed E-state index contributed by atoms with van der Waals surface area (Å²) in [6.45, 7) is 6.57. The summed E-state index contributed by atoms with van der Waals surface area (Å²) in [6.07, 6.45) is 0.356. The lowest BCUT2D eigenvalue weighted by Crippen LogP contribution is -2.54. The first-order chi connectivity index (χ1) is 23.0. The molecule has 4 amide bonds. The van der Waals surface area contributed by atoms with Crippen molar-refractivity contribution in [2.75, 3.05) is 20.2 Å². The lowest BCUT2D eigenvalue weighted by molar-refractivity contribution is -0.129. The van der Waals surface area contributed by atoms with E-state index in [0.29, 0.717) is 29.6 Å². The summed E-state index contributed by atoms with van der Waals surface area (Å²) in [6, 6.07) is 17.9. The molecule has 1 aliphatic rings. The van der Waals surface area contributed by atoms with Crippen molar-refractivity contribution >= 4 is 23.6 Å². The van der Waals surface area contributed by atoms with E-state index in [-0.39, 0.29) is 31.3 Å². The summed E-state index contributed by atoms with van der Waals surface area (Å²) in [4.78, 5) is 60.2. The molecule has 0 spiro atoms. The number of aromatic nitrogens is 3. The van der Waals surface area contributed by atoms with Gasteiger partial charge in [-0.25, -0.2) is 9.67 Å². The molecule has 13 nitrogen and oxygen atoms in total. The minimum absolute atomic E-state index is 0.00748. The molecule has 5 rings (SSSR count). The van der Waals surface area contributed by atoms with E-state index < -0.39 is 41.8 Å². The summed E-state index contributed by atoms with van der Waals surface area (Å²) in [5.41, 5.74) is 1.67. The van der Waals surface area contributed by atoms with Crippen molar-refractivity contribution in [1.82, 2.24) is 35.6 Å². The van der Waals surface area contributed by atoms with Crippen LogP contribution in [0.1, 0.15) is 54.6 Å². The Kier molecular flexibility index (Phi) is 10.6. The molecule has 0 saturated carbocycles. The number of benzene rings is 2. The zero-order valence-corrected chi connectivity index (χ0v) is 27.7. The van der Waals surface area contributed by atoms with Gasteiger partial charge < -0.3 is 30.0 Å². The summed E-state index contributed by atoms with van der Waals surface area (Å²) in [5, 5.41) is 13.2. The molecule has 0 saturated heterocycles. The average Bonchev–Trinajstić information content (AvgIpc) is 3.70. The van der Waals surface area contributed by atoms with E-state index in [9.17, 15) is 19.2 Å². The molecule has 1 aliphatic heterocycles. The fraction of sp³-hybridized carbons (Fsp3) is 0.371. The Morgan fingerprint density at radius 2 is 1.67 bits per heavy atom. The van der Waals surface area contributed by atoms with Crippen LogP contribution in [-0.4, -0.2) is 75.6 Å². The van der Waals surface area contributed by atoms with Gasteiger partial charge in [-0.15, -0.1) is 0 Å². The van der Waals surface area contributed by atoms with Crippen LogP contribution >= 0.6 is 0 Å². The van der Waals surface area contributed by atoms with Crippen LogP contribution in [0.25, 0.3) is 11.3 Å². The number of rotatable bonds is 6. The van der Waals surface area contributed by atoms with Crippen LogP contribution in [0.4, 0.5) is 0 Å². The molecule has 0 fully saturated rings. The standard InChI is InChI=1S/C35H41N7O6/c1-21(2)28-18-41(35(46)30-16-15-29(48-30)25-11-13-26(47-5)14-12-25)19-31(43)38-27(17-24-9-7-6-8-10-24)33-37-23(4)40-42(33)20-32(44)36-22(3)34(45)39-28/h6-16,21-22,27-28H,17-20H2,1-5H3,(H,36,44)(H,38,43)(H,39,45)/t22-,27+,28-/m1/s1. The van der Waals surface area contributed by atoms with Crippen molar-refractivity contribution in [1.29, 1.82) is 0 Å². The van der Waals surface area contributed by atoms with Gasteiger partial charge >= 0.3 is 0 Å². The van der Waals surface area contributed by atoms with Crippen LogP contribution in [0.5, 0.6) is 5.75 Å². The van der Waals surface area contributed by atoms with E-state index in [0.717, 1.165) is 11.1 Å². The van der Waals surface area contributed by atoms with Crippen LogP contribution in [0.3, 0.4) is 0 Å². The number of carbonyl (C=O) groups is 4. The minimum Gasteiger partial charge on any atom is -0.497 e. The highest BCUT2D eigenvalue weighted by Gasteiger charge is 2.31. The van der Waals surface area contributed by atoms with E-state index in [4.69, 9.17) is 9.15 Å². The third kappa shape index (κ3) is 8.27. The summed E-state index contributed by atoms with van der Waals surface area (Å²) < 4.78 is 12.7. The fourth-order valence-corrected chi connectivity index (χ4v) is 5.51. The molecule has 3 atom stereocenters. The predicted octanol–water partition coefficient (Wildman–Crippen LogP) is 3.06. The summed E-state index contributed by atoms with van der Waals surface area (Å²) in [7, 11) is 1.58. The maximum atomic E-state index is 14.1. The van der Waals surface area contributed by atoms with Crippen molar-refractivity contribution in [3.05, 3.63) is 89.7 Å². The average molecular weight is 656 g/mol. The number of nitrogens with one attached hydrogen (secondary N) is 3. The zero-order valence-electron chi connectivity index (χ0n) is 27.7. The van der Waals surface area contributed by atoms with Crippen LogP contribution in [0.2, 0.25) is 0 Å². The first kappa shape index (κ1) is 33.9. The van der Waals surface area contributed by atoms with Gasteiger partial charge in [-0.2, -0.15) is 5.10 Å². The third-order valence-electron chi connectivity index (χ3n) is 8.16. The largest absolute Gasteiger partial charge is 0.497 e. The van der Waals surface area contributed by atoms with Gasteiger partial charge in [0.05, 0.1) is 13.2 Å². The smallest absolute Gasteiger partial charge is 0.290 e. The molecule has 0 unspecified atom stereocenters. The number of aryl methyl sites for hydroxylation is 1. The minimum atomic E-state index is -0.877. The molecule has 4 aromatic rings. The third-order valence-corrected chi connectivity index (χ3v) is 8.16. The fourth-order valence-electron chi connectivity index (χ4n) is 5.51. The molecular formula is C35H41N7O6. The van der Waals surface area contributed by atoms with Crippen LogP contribution in [0.15, 0.2) is 71.1 Å². The number of ether oxygens (including phenoxy) is 1. The Morgan fingerprint density at radius 3 is 2.35 bits per heavy atom. The molecule has 13 heteroatoms. The van der Waals surface area contributed by atoms with Crippen LogP contribution in [-0.2, 0) is 27.3 Å². The molecule has 0 bridgehead atoms. The maximum absolute atomic E-state index is 14.1. The van der Waals surface area contributed by atoms with Crippen molar-refractivity contribution in [2.45, 2.75) is 58.8 Å². The molecular weight excluding hydrogens is 614 g/mol. The van der Waals surface area contributed by atoms with E-state index in [1.807, 2.05) is 56.3 Å². The van der Waals surface area contributed by atoms with Crippen LogP contribution < -0.4 is 20.7 Å². The monoisotopic (exact) mass is 655 g/mol. The van der Waals surface area contributed by atoms with Gasteiger partial charge in [0, 0.05) is 18.2 Å². The number of fused-ring (bicyclic) bond motifs is 1. The summed E-state index contributed by atoms with van der Waals surface area (Å²) >= 11 is 0. The Balaban J connectivity index is 1.50. The first-order valence-electron chi connectivity index (χ1n) is 15.9. The van der Waals surface area contributed by atoms with Crippen molar-refractivity contribution in [3.63, 3.8) is 0 Å². The highest BCUT2D eigenvalue weighted by atomic mass is 16.5. The van der Waals surface area contributed by atoms with Gasteiger partial charge in [-0.3, -0.25) is 19.2 Å². The van der Waals surface area contributed by atoms with E-state index >= 15 is 0 Å². The second-order valence-corrected chi connectivity index (χ2v) is 12.2. The van der Waals surface area contributed by atoms with E-state index in [1.54, 1.807) is 45.2 Å². The van der Waals surface area contributed by atoms with Gasteiger partial charge in [0.1, 0.15) is 36.5 Å². The predicted molar refractivity (Wildman–Crippen MR) is 177 cm³/mol. The highest BCUT2D eigenvalue weighted by Crippen LogP contribution is 2.26. The SMILES string of the molecule is COc1ccc(-c2ccc(C(=O)N3CC(=O)N[C@@H](Cc4ccccc4)c4nc(C)nn4CC(=O)N[C@H](C)C(=O)N[C@@H](C(C)C)C3)o2)cc1. The van der Waals surface area contributed by atoms with Gasteiger partial charge in [-0.05, 0) is 68.1 Å². The van der Waals surface area contributed by atoms with Crippen molar-refractivity contribution in [3.8, 4) is 17.1 Å². The van der Waals surface area contributed by atoms with Gasteiger partial charge in [0.2, 0.25) is 17.7 Å². The molecule has 0 radical (unpaired) electrons. The first-order valence-corrected chi connectivity index (χ1v) is 15.9. The lowest BCUT2D eigenvalue weighted by Gasteiger charge is -2.30. The molecule has 2 aromatic carbocycles. The molecule has 3 N–H and O–H groups in total. The quantitative estimate of drug-likeness (QED) is 0.286. The van der Waals surface area contributed by atoms with E-state index in [2.05, 4.69) is 26.0 Å². The van der Waals surface area contributed by atoms with Crippen molar-refractivity contribution < 1.29 is 28.3 Å². The maximum Gasteiger partial charge on any atom is 0.290 e. The molecule has 3 heterocycles. The molecule has 48 heavy (non-hydrogen) atoms. The number of nitrogens with zero attached hydrogens (tertiary/aromatic N) is 4. The van der Waals surface area contributed by atoms with Gasteiger partial charge in [-0.1, -0.05) is 44.2 Å². The van der Waals surface area contributed by atoms with Crippen LogP contribution in [0, 0.1) is 12.8 Å². The van der Waals surface area contributed by atoms with Gasteiger partial charge in [0.15, 0.2) is 11.6 Å². The molecule has 2 aromatic heterocycles. The molecule has 0 aliphatic carbocycles. The highest BCUT2D eigenvalue weighted by molar-refractivity contribution is 5.95.